The van der Waals surface area contributed by atoms with Crippen molar-refractivity contribution < 1.29 is 5.11 Å². The summed E-state index contributed by atoms with van der Waals surface area (Å²) in [7, 11) is 0. The van der Waals surface area contributed by atoms with Crippen LogP contribution in [0.15, 0.2) is 0 Å². The van der Waals surface area contributed by atoms with Crippen molar-refractivity contribution in [2.75, 3.05) is 0 Å². The van der Waals surface area contributed by atoms with Gasteiger partial charge in [0.1, 0.15) is 0 Å². The van der Waals surface area contributed by atoms with Gasteiger partial charge in [0.15, 0.2) is 0 Å². The van der Waals surface area contributed by atoms with Gasteiger partial charge in [0, 0.05) is 0 Å². The summed E-state index contributed by atoms with van der Waals surface area (Å²) in [6.07, 6.45) is 12.3. The van der Waals surface area contributed by atoms with E-state index >= 15 is 0 Å². The third kappa shape index (κ3) is 3.54. The normalized spacial score (nSPS) is 37.1. The molecule has 2 rings (SSSR count). The summed E-state index contributed by atoms with van der Waals surface area (Å²) in [6.45, 7) is 8.93. The second-order valence-electron chi connectivity index (χ2n) is 8.31. The fourth-order valence-corrected chi connectivity index (χ4v) is 5.10. The van der Waals surface area contributed by atoms with Gasteiger partial charge >= 0.3 is 0 Å². The average molecular weight is 266 g/mol. The lowest BCUT2D eigenvalue weighted by atomic mass is 9.62. The number of fused-ring (bicyclic) bond motifs is 1. The molecule has 112 valence electrons. The van der Waals surface area contributed by atoms with Crippen molar-refractivity contribution in [3.63, 3.8) is 0 Å². The molecule has 1 N–H and O–H groups in total. The van der Waals surface area contributed by atoms with Crippen LogP contribution in [0.3, 0.4) is 0 Å². The molecule has 1 heteroatoms. The van der Waals surface area contributed by atoms with E-state index in [1.165, 1.54) is 51.4 Å². The highest BCUT2D eigenvalue weighted by molar-refractivity contribution is 4.98. The molecule has 0 heterocycles. The van der Waals surface area contributed by atoms with E-state index in [4.69, 9.17) is 0 Å². The van der Waals surface area contributed by atoms with Crippen molar-refractivity contribution in [3.05, 3.63) is 0 Å². The van der Waals surface area contributed by atoms with Gasteiger partial charge < -0.3 is 5.11 Å². The van der Waals surface area contributed by atoms with E-state index < -0.39 is 5.60 Å². The van der Waals surface area contributed by atoms with Gasteiger partial charge in [-0.3, -0.25) is 0 Å². The third-order valence-corrected chi connectivity index (χ3v) is 6.26. The summed E-state index contributed by atoms with van der Waals surface area (Å²) >= 11 is 0. The predicted octanol–water partition coefficient (Wildman–Crippen LogP) is 5.17. The van der Waals surface area contributed by atoms with Gasteiger partial charge in [0.05, 0.1) is 5.60 Å². The summed E-state index contributed by atoms with van der Waals surface area (Å²) in [5.41, 5.74) is 0.166. The van der Waals surface area contributed by atoms with Gasteiger partial charge in [-0.25, -0.2) is 0 Å². The Kier molecular flexibility index (Phi) is 4.65. The summed E-state index contributed by atoms with van der Waals surface area (Å²) in [5, 5.41) is 9.83. The predicted molar refractivity (Wildman–Crippen MR) is 82.1 cm³/mol. The molecule has 0 aromatic rings. The zero-order valence-corrected chi connectivity index (χ0v) is 13.5. The van der Waals surface area contributed by atoms with Gasteiger partial charge in [0.25, 0.3) is 0 Å². The molecule has 2 aliphatic rings. The fourth-order valence-electron chi connectivity index (χ4n) is 5.10. The molecule has 0 unspecified atom stereocenters. The highest BCUT2D eigenvalue weighted by atomic mass is 16.3. The van der Waals surface area contributed by atoms with Crippen molar-refractivity contribution in [3.8, 4) is 0 Å². The molecule has 0 aromatic heterocycles. The monoisotopic (exact) mass is 266 g/mol. The van der Waals surface area contributed by atoms with Crippen LogP contribution in [0.1, 0.15) is 85.5 Å². The van der Waals surface area contributed by atoms with Crippen LogP contribution in [0.4, 0.5) is 0 Å². The SMILES string of the molecule is C[C@H](CCCC(C)(C)O)[C@H]1CC[C@H]2CCCC[C@]21C. The first-order valence-corrected chi connectivity index (χ1v) is 8.55. The smallest absolute Gasteiger partial charge is 0.0591 e. The lowest BCUT2D eigenvalue weighted by molar-refractivity contribution is 0.0522. The number of aliphatic hydroxyl groups is 1. The highest BCUT2D eigenvalue weighted by Gasteiger charge is 2.48. The maximum atomic E-state index is 9.83. The Balaban J connectivity index is 1.87. The lowest BCUT2D eigenvalue weighted by Crippen LogP contribution is -2.34. The molecule has 4 atom stereocenters. The van der Waals surface area contributed by atoms with E-state index in [1.54, 1.807) is 0 Å². The average Bonchev–Trinajstić information content (AvgIpc) is 2.64. The first-order chi connectivity index (χ1) is 8.83. The van der Waals surface area contributed by atoms with Crippen LogP contribution in [0.25, 0.3) is 0 Å². The molecule has 0 amide bonds. The van der Waals surface area contributed by atoms with E-state index in [9.17, 15) is 5.11 Å². The molecule has 0 aromatic carbocycles. The quantitative estimate of drug-likeness (QED) is 0.728. The van der Waals surface area contributed by atoms with Crippen LogP contribution in [-0.4, -0.2) is 10.7 Å². The molecule has 19 heavy (non-hydrogen) atoms. The third-order valence-electron chi connectivity index (χ3n) is 6.26. The topological polar surface area (TPSA) is 20.2 Å². The van der Waals surface area contributed by atoms with Crippen LogP contribution >= 0.6 is 0 Å². The Morgan fingerprint density at radius 1 is 1.21 bits per heavy atom. The molecular formula is C18H34O. The molecule has 0 saturated heterocycles. The molecule has 2 fully saturated rings. The van der Waals surface area contributed by atoms with Gasteiger partial charge in [-0.1, -0.05) is 39.5 Å². The number of hydrogen-bond donors (Lipinski definition) is 1. The zero-order valence-electron chi connectivity index (χ0n) is 13.5. The van der Waals surface area contributed by atoms with E-state index in [1.807, 2.05) is 13.8 Å². The molecule has 0 aliphatic heterocycles. The Morgan fingerprint density at radius 3 is 2.63 bits per heavy atom. The van der Waals surface area contributed by atoms with Crippen molar-refractivity contribution in [2.24, 2.45) is 23.2 Å². The minimum Gasteiger partial charge on any atom is -0.390 e. The molecule has 1 nitrogen and oxygen atoms in total. The molecular weight excluding hydrogens is 232 g/mol. The molecule has 0 spiro atoms. The fraction of sp³-hybridized carbons (Fsp3) is 1.00. The Bertz CT molecular complexity index is 291. The van der Waals surface area contributed by atoms with E-state index in [2.05, 4.69) is 13.8 Å². The molecule has 0 bridgehead atoms. The van der Waals surface area contributed by atoms with Gasteiger partial charge in [-0.15, -0.1) is 0 Å². The Hall–Kier alpha value is -0.0400. The molecule has 2 saturated carbocycles. The van der Waals surface area contributed by atoms with Crippen molar-refractivity contribution in [1.82, 2.24) is 0 Å². The largest absolute Gasteiger partial charge is 0.390 e. The minimum absolute atomic E-state index is 0.479. The summed E-state index contributed by atoms with van der Waals surface area (Å²) < 4.78 is 0. The number of hydrogen-bond acceptors (Lipinski definition) is 1. The van der Waals surface area contributed by atoms with Crippen molar-refractivity contribution >= 4 is 0 Å². The first-order valence-electron chi connectivity index (χ1n) is 8.55. The van der Waals surface area contributed by atoms with Crippen molar-refractivity contribution in [1.29, 1.82) is 0 Å². The van der Waals surface area contributed by atoms with Crippen LogP contribution in [0.2, 0.25) is 0 Å². The van der Waals surface area contributed by atoms with Crippen LogP contribution in [0.5, 0.6) is 0 Å². The van der Waals surface area contributed by atoms with Crippen LogP contribution in [0, 0.1) is 23.2 Å². The first kappa shape index (κ1) is 15.4. The minimum atomic E-state index is -0.479. The van der Waals surface area contributed by atoms with E-state index in [0.717, 1.165) is 24.2 Å². The second-order valence-corrected chi connectivity index (χ2v) is 8.31. The van der Waals surface area contributed by atoms with Crippen LogP contribution < -0.4 is 0 Å². The summed E-state index contributed by atoms with van der Waals surface area (Å²) in [4.78, 5) is 0. The Morgan fingerprint density at radius 2 is 1.95 bits per heavy atom. The van der Waals surface area contributed by atoms with Gasteiger partial charge in [0.2, 0.25) is 0 Å². The van der Waals surface area contributed by atoms with Crippen molar-refractivity contribution in [2.45, 2.75) is 91.1 Å². The van der Waals surface area contributed by atoms with Crippen LogP contribution in [-0.2, 0) is 0 Å². The maximum Gasteiger partial charge on any atom is 0.0591 e. The summed E-state index contributed by atoms with van der Waals surface area (Å²) in [5.74, 6) is 2.80. The second kappa shape index (κ2) is 5.76. The van der Waals surface area contributed by atoms with E-state index in [0.29, 0.717) is 5.41 Å². The maximum absolute atomic E-state index is 9.83. The summed E-state index contributed by atoms with van der Waals surface area (Å²) in [6, 6.07) is 0. The molecule has 0 radical (unpaired) electrons. The standard InChI is InChI=1S/C18H34O/c1-14(8-7-12-17(2,3)19)16-11-10-15-9-5-6-13-18(15,16)4/h14-16,19H,5-13H2,1-4H3/t14-,15-,16-,18-/m1/s1. The highest BCUT2D eigenvalue weighted by Crippen LogP contribution is 2.58. The zero-order chi connectivity index (χ0) is 14.1. The molecule has 2 aliphatic carbocycles. The van der Waals surface area contributed by atoms with Gasteiger partial charge in [-0.05, 0) is 69.1 Å². The Labute approximate surface area is 120 Å². The lowest BCUT2D eigenvalue weighted by Gasteiger charge is -2.43. The van der Waals surface area contributed by atoms with Gasteiger partial charge in [-0.2, -0.15) is 0 Å². The number of rotatable bonds is 5. The van der Waals surface area contributed by atoms with E-state index in [-0.39, 0.29) is 0 Å².